The number of alkyl halides is 6. The molecular formula is C33H45F6O4P. The van der Waals surface area contributed by atoms with Gasteiger partial charge in [0.1, 0.15) is 17.2 Å². The van der Waals surface area contributed by atoms with E-state index in [2.05, 4.69) is 20.8 Å². The highest BCUT2D eigenvalue weighted by Gasteiger charge is 2.43. The van der Waals surface area contributed by atoms with Gasteiger partial charge in [-0.15, -0.1) is 0 Å². The summed E-state index contributed by atoms with van der Waals surface area (Å²) in [7, 11) is -1.12. The molecule has 0 bridgehead atoms. The predicted molar refractivity (Wildman–Crippen MR) is 164 cm³/mol. The maximum atomic E-state index is 13.9. The zero-order valence-corrected chi connectivity index (χ0v) is 26.9. The third-order valence-corrected chi connectivity index (χ3v) is 8.18. The quantitative estimate of drug-likeness (QED) is 0.0766. The van der Waals surface area contributed by atoms with Crippen LogP contribution in [0.5, 0.6) is 17.2 Å². The van der Waals surface area contributed by atoms with Crippen LogP contribution in [0.1, 0.15) is 119 Å². The molecule has 0 N–H and O–H groups in total. The highest BCUT2D eigenvalue weighted by molar-refractivity contribution is 7.66. The lowest BCUT2D eigenvalue weighted by Crippen LogP contribution is -2.20. The average Bonchev–Trinajstić information content (AvgIpc) is 2.96. The Morgan fingerprint density at radius 2 is 1.05 bits per heavy atom. The van der Waals surface area contributed by atoms with E-state index in [-0.39, 0.29) is 30.0 Å². The van der Waals surface area contributed by atoms with Gasteiger partial charge in [0.05, 0.1) is 36.3 Å². The number of benzene rings is 2. The van der Waals surface area contributed by atoms with E-state index in [1.54, 1.807) is 12.1 Å². The first-order valence-electron chi connectivity index (χ1n) is 15.6. The number of rotatable bonds is 21. The van der Waals surface area contributed by atoms with Crippen molar-refractivity contribution in [3.8, 4) is 17.2 Å². The molecule has 0 spiro atoms. The van der Waals surface area contributed by atoms with Gasteiger partial charge in [0.15, 0.2) is 5.52 Å². The van der Waals surface area contributed by atoms with Crippen molar-refractivity contribution in [1.82, 2.24) is 0 Å². The van der Waals surface area contributed by atoms with Crippen LogP contribution < -0.4 is 19.5 Å². The van der Waals surface area contributed by atoms with Crippen LogP contribution in [0, 0.1) is 0 Å². The molecule has 1 atom stereocenters. The summed E-state index contributed by atoms with van der Waals surface area (Å²) >= 11 is 0. The van der Waals surface area contributed by atoms with Gasteiger partial charge in [0.2, 0.25) is 0 Å². The van der Waals surface area contributed by atoms with E-state index < -0.39 is 43.1 Å². The smallest absolute Gasteiger partial charge is 0.417 e. The van der Waals surface area contributed by atoms with E-state index >= 15 is 0 Å². The fourth-order valence-corrected chi connectivity index (χ4v) is 5.74. The SMILES string of the molecule is CCCCCCOc1cc(OCCCCCC)c(PC(=O)c2c(C(F)(F)F)cccc2C(F)(F)F)c(OCCCCCC)c1. The molecule has 0 fully saturated rings. The lowest BCUT2D eigenvalue weighted by atomic mass is 10.0. The molecule has 0 aliphatic heterocycles. The maximum absolute atomic E-state index is 13.9. The van der Waals surface area contributed by atoms with Gasteiger partial charge in [0, 0.05) is 17.7 Å². The van der Waals surface area contributed by atoms with Crippen molar-refractivity contribution in [2.45, 2.75) is 110 Å². The Balaban J connectivity index is 2.55. The molecule has 2 rings (SSSR count). The molecule has 1 unspecified atom stereocenters. The monoisotopic (exact) mass is 650 g/mol. The summed E-state index contributed by atoms with van der Waals surface area (Å²) in [5.74, 6) is 0.739. The van der Waals surface area contributed by atoms with E-state index in [1.807, 2.05) is 0 Å². The van der Waals surface area contributed by atoms with Gasteiger partial charge in [-0.2, -0.15) is 26.3 Å². The van der Waals surface area contributed by atoms with Gasteiger partial charge in [-0.1, -0.05) is 84.6 Å². The Labute approximate surface area is 259 Å². The third kappa shape index (κ3) is 12.5. The number of ether oxygens (including phenoxy) is 3. The minimum absolute atomic E-state index is 0.129. The summed E-state index contributed by atoms with van der Waals surface area (Å²) in [5, 5.41) is 0.129. The molecular weight excluding hydrogens is 605 g/mol. The minimum atomic E-state index is -5.16. The Bertz CT molecular complexity index is 1080. The fraction of sp³-hybridized carbons (Fsp3) is 0.606. The molecule has 2 aromatic rings. The zero-order chi connectivity index (χ0) is 32.6. The number of unbranched alkanes of at least 4 members (excludes halogenated alkanes) is 9. The van der Waals surface area contributed by atoms with E-state index in [0.29, 0.717) is 43.4 Å². The van der Waals surface area contributed by atoms with Gasteiger partial charge in [-0.25, -0.2) is 0 Å². The van der Waals surface area contributed by atoms with E-state index in [1.165, 1.54) is 0 Å². The second-order valence-corrected chi connectivity index (χ2v) is 11.9. The fourth-order valence-electron chi connectivity index (χ4n) is 4.59. The van der Waals surface area contributed by atoms with Crippen LogP contribution in [0.15, 0.2) is 30.3 Å². The van der Waals surface area contributed by atoms with Crippen molar-refractivity contribution < 1.29 is 45.3 Å². The second-order valence-electron chi connectivity index (χ2n) is 10.7. The van der Waals surface area contributed by atoms with Crippen molar-refractivity contribution >= 4 is 19.4 Å². The maximum Gasteiger partial charge on any atom is 0.417 e. The molecule has 0 aromatic heterocycles. The molecule has 44 heavy (non-hydrogen) atoms. The van der Waals surface area contributed by atoms with Crippen molar-refractivity contribution in [2.75, 3.05) is 19.8 Å². The molecule has 2 aromatic carbocycles. The van der Waals surface area contributed by atoms with Crippen molar-refractivity contribution in [1.29, 1.82) is 0 Å². The molecule has 0 amide bonds. The Hall–Kier alpha value is -2.48. The van der Waals surface area contributed by atoms with Crippen LogP contribution in [-0.2, 0) is 12.4 Å². The van der Waals surface area contributed by atoms with E-state index in [9.17, 15) is 31.1 Å². The molecule has 0 saturated carbocycles. The number of hydrogen-bond donors (Lipinski definition) is 0. The third-order valence-electron chi connectivity index (χ3n) is 6.96. The molecule has 0 radical (unpaired) electrons. The van der Waals surface area contributed by atoms with Crippen LogP contribution in [0.4, 0.5) is 26.3 Å². The minimum Gasteiger partial charge on any atom is -0.493 e. The summed E-state index contributed by atoms with van der Waals surface area (Å²) in [5.41, 5.74) is -5.95. The summed E-state index contributed by atoms with van der Waals surface area (Å²) in [6.45, 7) is 7.15. The molecule has 4 nitrogen and oxygen atoms in total. The average molecular weight is 651 g/mol. The molecule has 11 heteroatoms. The second kappa shape index (κ2) is 19.1. The van der Waals surface area contributed by atoms with Crippen molar-refractivity contribution in [2.24, 2.45) is 0 Å². The highest BCUT2D eigenvalue weighted by atomic mass is 31.1. The van der Waals surface area contributed by atoms with Gasteiger partial charge in [0.25, 0.3) is 0 Å². The van der Waals surface area contributed by atoms with Crippen LogP contribution >= 0.6 is 8.58 Å². The van der Waals surface area contributed by atoms with Crippen LogP contribution in [-0.4, -0.2) is 25.3 Å². The lowest BCUT2D eigenvalue weighted by Gasteiger charge is -2.21. The summed E-state index contributed by atoms with van der Waals surface area (Å²) in [6.07, 6.45) is 0.692. The van der Waals surface area contributed by atoms with Gasteiger partial charge < -0.3 is 14.2 Å². The Morgan fingerprint density at radius 3 is 1.43 bits per heavy atom. The largest absolute Gasteiger partial charge is 0.493 e. The first-order valence-corrected chi connectivity index (χ1v) is 16.6. The van der Waals surface area contributed by atoms with Gasteiger partial charge in [-0.05, 0) is 40.0 Å². The van der Waals surface area contributed by atoms with Crippen LogP contribution in [0.3, 0.4) is 0 Å². The van der Waals surface area contributed by atoms with Gasteiger partial charge in [-0.3, -0.25) is 4.79 Å². The van der Waals surface area contributed by atoms with Crippen LogP contribution in [0.25, 0.3) is 0 Å². The standard InChI is InChI=1S/C33H45F6O4P/c1-4-7-10-13-19-41-24-22-27(42-20-14-11-8-5-2)30(28(23-24)43-21-15-12-9-6-3)44-31(40)29-25(32(34,35)36)17-16-18-26(29)33(37,38)39/h16-18,22-23,44H,4-15,19-21H2,1-3H3. The first-order chi connectivity index (χ1) is 20.9. The highest BCUT2D eigenvalue weighted by Crippen LogP contribution is 2.43. The summed E-state index contributed by atoms with van der Waals surface area (Å²) in [6, 6.07) is 4.77. The Morgan fingerprint density at radius 1 is 0.636 bits per heavy atom. The number of hydrogen-bond acceptors (Lipinski definition) is 4. The van der Waals surface area contributed by atoms with Crippen molar-refractivity contribution in [3.63, 3.8) is 0 Å². The summed E-state index contributed by atoms with van der Waals surface area (Å²) in [4.78, 5) is 13.5. The number of carbonyl (C=O) groups is 1. The van der Waals surface area contributed by atoms with E-state index in [4.69, 9.17) is 14.2 Å². The molecule has 0 saturated heterocycles. The molecule has 0 aliphatic rings. The number of carbonyl (C=O) groups excluding carboxylic acids is 1. The molecule has 0 aliphatic carbocycles. The van der Waals surface area contributed by atoms with Crippen molar-refractivity contribution in [3.05, 3.63) is 47.0 Å². The number of halogens is 6. The van der Waals surface area contributed by atoms with Gasteiger partial charge >= 0.3 is 12.4 Å². The zero-order valence-electron chi connectivity index (χ0n) is 25.9. The summed E-state index contributed by atoms with van der Waals surface area (Å²) < 4.78 is 101. The Kier molecular flexibility index (Phi) is 16.4. The van der Waals surface area contributed by atoms with Crippen LogP contribution in [0.2, 0.25) is 0 Å². The predicted octanol–water partition coefficient (Wildman–Crippen LogP) is 10.7. The topological polar surface area (TPSA) is 44.8 Å². The normalized spacial score (nSPS) is 12.2. The lowest BCUT2D eigenvalue weighted by molar-refractivity contribution is -0.143. The van der Waals surface area contributed by atoms with E-state index in [0.717, 1.165) is 64.2 Å². The molecule has 0 heterocycles. The molecule has 248 valence electrons. The first kappa shape index (κ1) is 37.7.